The normalized spacial score (nSPS) is 16.0. The predicted octanol–water partition coefficient (Wildman–Crippen LogP) is 2.15. The van der Waals surface area contributed by atoms with Gasteiger partial charge < -0.3 is 0 Å². The number of hydrogen-bond donors (Lipinski definition) is 0. The summed E-state index contributed by atoms with van der Waals surface area (Å²) in [5, 5.41) is 0. The molecule has 0 saturated heterocycles. The van der Waals surface area contributed by atoms with Gasteiger partial charge >= 0.3 is 0 Å². The van der Waals surface area contributed by atoms with E-state index < -0.39 is 0 Å². The van der Waals surface area contributed by atoms with E-state index in [1.165, 1.54) is 0 Å². The van der Waals surface area contributed by atoms with Crippen LogP contribution in [0, 0.1) is 0 Å². The first-order valence-electron chi connectivity index (χ1n) is 5.09. The van der Waals surface area contributed by atoms with Gasteiger partial charge in [0.2, 0.25) is 0 Å². The maximum atomic E-state index is 11.8. The van der Waals surface area contributed by atoms with Crippen LogP contribution in [0.15, 0.2) is 65.2 Å². The largest absolute Gasteiger partial charge is 0.277 e. The molecular formula is C14H9NO2. The van der Waals surface area contributed by atoms with E-state index in [1.54, 1.807) is 54.5 Å². The number of aliphatic imine (C=N–C) groups is 1. The summed E-state index contributed by atoms with van der Waals surface area (Å²) in [6, 6.07) is 8.71. The van der Waals surface area contributed by atoms with Crippen molar-refractivity contribution in [2.24, 2.45) is 4.99 Å². The van der Waals surface area contributed by atoms with Gasteiger partial charge in [-0.15, -0.1) is 0 Å². The third kappa shape index (κ3) is 2.54. The topological polar surface area (TPSA) is 46.5 Å². The van der Waals surface area contributed by atoms with E-state index in [0.29, 0.717) is 11.3 Å². The molecule has 3 nitrogen and oxygen atoms in total. The second-order valence-corrected chi connectivity index (χ2v) is 3.40. The first kappa shape index (κ1) is 11.0. The molecule has 1 aromatic rings. The Kier molecular flexibility index (Phi) is 3.24. The van der Waals surface area contributed by atoms with E-state index in [4.69, 9.17) is 0 Å². The zero-order valence-corrected chi connectivity index (χ0v) is 8.96. The lowest BCUT2D eigenvalue weighted by molar-refractivity contribution is 0.100. The number of carbonyl (C=O) groups excluding carboxylic acids is 2. The van der Waals surface area contributed by atoms with Gasteiger partial charge in [-0.3, -0.25) is 4.79 Å². The molecule has 0 fully saturated rings. The van der Waals surface area contributed by atoms with Crippen LogP contribution < -0.4 is 0 Å². The fraction of sp³-hybridized carbons (Fsp3) is 0. The Morgan fingerprint density at radius 3 is 2.47 bits per heavy atom. The van der Waals surface area contributed by atoms with Crippen LogP contribution in [-0.2, 0) is 4.79 Å². The predicted molar refractivity (Wildman–Crippen MR) is 65.7 cm³/mol. The van der Waals surface area contributed by atoms with Gasteiger partial charge in [0, 0.05) is 5.56 Å². The fourth-order valence-electron chi connectivity index (χ4n) is 1.41. The Balaban J connectivity index is 2.32. The number of rotatable bonds is 1. The van der Waals surface area contributed by atoms with Gasteiger partial charge in [-0.1, -0.05) is 30.4 Å². The summed E-state index contributed by atoms with van der Waals surface area (Å²) in [4.78, 5) is 26.3. The molecule has 0 spiro atoms. The minimum Gasteiger partial charge on any atom is -0.267 e. The summed E-state index contributed by atoms with van der Waals surface area (Å²) in [5.41, 5.74) is 1.13. The van der Waals surface area contributed by atoms with Gasteiger partial charge in [-0.25, -0.2) is 9.79 Å². The summed E-state index contributed by atoms with van der Waals surface area (Å²) < 4.78 is 0. The molecule has 0 radical (unpaired) electrons. The molecule has 2 rings (SSSR count). The van der Waals surface area contributed by atoms with Crippen molar-refractivity contribution in [3.05, 3.63) is 65.8 Å². The molecule has 3 heteroatoms. The minimum absolute atomic E-state index is 0.289. The molecule has 0 bridgehead atoms. The monoisotopic (exact) mass is 223 g/mol. The van der Waals surface area contributed by atoms with Gasteiger partial charge in [-0.05, 0) is 24.3 Å². The van der Waals surface area contributed by atoms with Crippen LogP contribution in [0.3, 0.4) is 0 Å². The van der Waals surface area contributed by atoms with E-state index in [9.17, 15) is 9.59 Å². The smallest absolute Gasteiger partial charge is 0.267 e. The highest BCUT2D eigenvalue weighted by molar-refractivity contribution is 6.20. The van der Waals surface area contributed by atoms with Crippen molar-refractivity contribution in [2.75, 3.05) is 0 Å². The second-order valence-electron chi connectivity index (χ2n) is 3.40. The third-order valence-corrected chi connectivity index (χ3v) is 2.26. The van der Waals surface area contributed by atoms with Crippen molar-refractivity contribution in [3.8, 4) is 0 Å². The van der Waals surface area contributed by atoms with Crippen LogP contribution in [0.1, 0.15) is 10.4 Å². The maximum Gasteiger partial charge on any atom is 0.277 e. The Hall–Kier alpha value is -2.51. The van der Waals surface area contributed by atoms with Crippen LogP contribution in [0.2, 0.25) is 0 Å². The number of nitrogens with zero attached hydrogens (tertiary/aromatic N) is 1. The first-order chi connectivity index (χ1) is 8.31. The second kappa shape index (κ2) is 5.01. The van der Waals surface area contributed by atoms with Crippen LogP contribution in [0.5, 0.6) is 0 Å². The highest BCUT2D eigenvalue weighted by Gasteiger charge is 2.09. The zero-order chi connectivity index (χ0) is 12.1. The van der Waals surface area contributed by atoms with E-state index >= 15 is 0 Å². The van der Waals surface area contributed by atoms with Crippen LogP contribution >= 0.6 is 0 Å². The summed E-state index contributed by atoms with van der Waals surface area (Å²) in [6.45, 7) is 0. The highest BCUT2D eigenvalue weighted by Crippen LogP contribution is 2.08. The van der Waals surface area contributed by atoms with Crippen molar-refractivity contribution in [2.45, 2.75) is 0 Å². The molecule has 1 aliphatic rings. The molecule has 17 heavy (non-hydrogen) atoms. The Labute approximate surface area is 98.5 Å². The Morgan fingerprint density at radius 2 is 1.76 bits per heavy atom. The lowest BCUT2D eigenvalue weighted by Crippen LogP contribution is -2.05. The summed E-state index contributed by atoms with van der Waals surface area (Å²) >= 11 is 0. The number of benzene rings is 1. The van der Waals surface area contributed by atoms with Gasteiger partial charge in [0.1, 0.15) is 5.94 Å². The average molecular weight is 223 g/mol. The zero-order valence-electron chi connectivity index (χ0n) is 8.96. The van der Waals surface area contributed by atoms with E-state index in [0.717, 1.165) is 0 Å². The summed E-state index contributed by atoms with van der Waals surface area (Å²) in [5.74, 6) is 1.39. The van der Waals surface area contributed by atoms with E-state index in [-0.39, 0.29) is 11.5 Å². The van der Waals surface area contributed by atoms with E-state index in [1.807, 2.05) is 6.07 Å². The molecular weight excluding hydrogens is 214 g/mol. The molecule has 0 heterocycles. The summed E-state index contributed by atoms with van der Waals surface area (Å²) in [6.07, 6.45) is 6.61. The van der Waals surface area contributed by atoms with Gasteiger partial charge in [0.05, 0.1) is 11.3 Å². The molecule has 0 unspecified atom stereocenters. The van der Waals surface area contributed by atoms with Crippen molar-refractivity contribution >= 4 is 17.6 Å². The van der Waals surface area contributed by atoms with Gasteiger partial charge in [-0.2, -0.15) is 0 Å². The molecule has 1 amide bonds. The Morgan fingerprint density at radius 1 is 1.06 bits per heavy atom. The van der Waals surface area contributed by atoms with Crippen LogP contribution in [0.25, 0.3) is 0 Å². The molecule has 0 saturated carbocycles. The molecule has 0 atom stereocenters. The van der Waals surface area contributed by atoms with Crippen molar-refractivity contribution in [3.63, 3.8) is 0 Å². The minimum atomic E-state index is -0.367. The van der Waals surface area contributed by atoms with Crippen LogP contribution in [-0.4, -0.2) is 17.6 Å². The van der Waals surface area contributed by atoms with Gasteiger partial charge in [0.15, 0.2) is 0 Å². The fourth-order valence-corrected chi connectivity index (χ4v) is 1.41. The third-order valence-electron chi connectivity index (χ3n) is 2.26. The number of allylic oxidation sites excluding steroid dienone is 5. The molecule has 1 aromatic carbocycles. The number of hydrogen-bond acceptors (Lipinski definition) is 2. The Bertz CT molecular complexity index is 573. The number of amides is 1. The highest BCUT2D eigenvalue weighted by atomic mass is 16.1. The summed E-state index contributed by atoms with van der Waals surface area (Å²) in [7, 11) is 0. The first-order valence-corrected chi connectivity index (χ1v) is 5.09. The molecule has 82 valence electrons. The lowest BCUT2D eigenvalue weighted by Gasteiger charge is -2.02. The molecule has 0 aromatic heterocycles. The molecule has 0 aliphatic heterocycles. The van der Waals surface area contributed by atoms with Gasteiger partial charge in [0.25, 0.3) is 5.91 Å². The molecule has 0 N–H and O–H groups in total. The van der Waals surface area contributed by atoms with Crippen molar-refractivity contribution in [1.82, 2.24) is 0 Å². The SMILES string of the molecule is O=C=C1C=CC=CC1=NC(=O)c1ccccc1. The van der Waals surface area contributed by atoms with Crippen molar-refractivity contribution in [1.29, 1.82) is 0 Å². The molecule has 1 aliphatic carbocycles. The van der Waals surface area contributed by atoms with Crippen molar-refractivity contribution < 1.29 is 9.59 Å². The maximum absolute atomic E-state index is 11.8. The quantitative estimate of drug-likeness (QED) is 0.685. The standard InChI is InChI=1S/C14H9NO2/c16-10-12-8-4-5-9-13(12)15-14(17)11-6-2-1-3-7-11/h1-9H. The van der Waals surface area contributed by atoms with Crippen LogP contribution in [0.4, 0.5) is 0 Å². The lowest BCUT2D eigenvalue weighted by atomic mass is 10.1. The average Bonchev–Trinajstić information content (AvgIpc) is 2.40. The number of carbonyl (C=O) groups is 1. The van der Waals surface area contributed by atoms with E-state index in [2.05, 4.69) is 4.99 Å².